The molecule has 6 heteroatoms. The molecule has 3 rings (SSSR count). The van der Waals surface area contributed by atoms with Gasteiger partial charge in [-0.1, -0.05) is 0 Å². The molecule has 1 N–H and O–H groups in total. The molecule has 116 valence electrons. The monoisotopic (exact) mass is 355 g/mol. The molecule has 0 aliphatic carbocycles. The van der Waals surface area contributed by atoms with Crippen LogP contribution in [0.3, 0.4) is 0 Å². The van der Waals surface area contributed by atoms with E-state index < -0.39 is 0 Å². The van der Waals surface area contributed by atoms with Crippen LogP contribution in [0.2, 0.25) is 0 Å². The van der Waals surface area contributed by atoms with E-state index in [1.54, 1.807) is 0 Å². The first-order valence-electron chi connectivity index (χ1n) is 7.66. The van der Waals surface area contributed by atoms with Gasteiger partial charge in [0.1, 0.15) is 0 Å². The molecular formula is C15H22BrN3O2. The second kappa shape index (κ2) is 6.94. The number of nitrogens with one attached hydrogen (secondary N) is 1. The summed E-state index contributed by atoms with van der Waals surface area (Å²) in [4.78, 5) is 14.6. The molecule has 21 heavy (non-hydrogen) atoms. The van der Waals surface area contributed by atoms with Gasteiger partial charge < -0.3 is 14.0 Å². The Kier molecular flexibility index (Phi) is 4.98. The summed E-state index contributed by atoms with van der Waals surface area (Å²) < 4.78 is 7.34. The standard InChI is InChI=1S/C15H22BrN3O2/c16-19-5-3-14-13(11-19)10-12(15(20)17-14)2-1-4-18-6-8-21-9-7-18/h3,5,12H,1-2,4,6-11H2,(H,17,20). The SMILES string of the molecule is O=C1NC2=C(CC1CCCN1CCOCC1)CN(Br)C=C2. The maximum atomic E-state index is 12.2. The van der Waals surface area contributed by atoms with Gasteiger partial charge in [-0.2, -0.15) is 0 Å². The zero-order chi connectivity index (χ0) is 14.7. The fourth-order valence-corrected chi connectivity index (χ4v) is 3.56. The Labute approximate surface area is 134 Å². The minimum absolute atomic E-state index is 0.122. The van der Waals surface area contributed by atoms with E-state index in [0.29, 0.717) is 0 Å². The van der Waals surface area contributed by atoms with E-state index >= 15 is 0 Å². The van der Waals surface area contributed by atoms with Gasteiger partial charge >= 0.3 is 0 Å². The summed E-state index contributed by atoms with van der Waals surface area (Å²) in [6.45, 7) is 5.65. The lowest BCUT2D eigenvalue weighted by molar-refractivity contribution is -0.125. The van der Waals surface area contributed by atoms with Crippen molar-refractivity contribution < 1.29 is 9.53 Å². The van der Waals surface area contributed by atoms with Gasteiger partial charge in [-0.25, -0.2) is 0 Å². The highest BCUT2D eigenvalue weighted by atomic mass is 79.9. The Morgan fingerprint density at radius 3 is 3.00 bits per heavy atom. The lowest BCUT2D eigenvalue weighted by Gasteiger charge is -2.31. The first-order chi connectivity index (χ1) is 10.2. The van der Waals surface area contributed by atoms with Crippen LogP contribution in [-0.4, -0.2) is 54.1 Å². The highest BCUT2D eigenvalue weighted by molar-refractivity contribution is 9.07. The van der Waals surface area contributed by atoms with Gasteiger partial charge in [0.05, 0.1) is 19.8 Å². The van der Waals surface area contributed by atoms with E-state index in [1.165, 1.54) is 5.57 Å². The number of amides is 1. The maximum Gasteiger partial charge on any atom is 0.227 e. The summed E-state index contributed by atoms with van der Waals surface area (Å²) >= 11 is 3.47. The van der Waals surface area contributed by atoms with E-state index in [9.17, 15) is 4.79 Å². The number of carbonyl (C=O) groups excluding carboxylic acids is 1. The average molecular weight is 356 g/mol. The number of rotatable bonds is 4. The quantitative estimate of drug-likeness (QED) is 0.778. The number of carbonyl (C=O) groups is 1. The van der Waals surface area contributed by atoms with E-state index in [1.807, 2.05) is 16.2 Å². The number of ether oxygens (including phenoxy) is 1. The first kappa shape index (κ1) is 15.1. The van der Waals surface area contributed by atoms with Gasteiger partial charge in [-0.05, 0) is 37.5 Å². The molecule has 5 nitrogen and oxygen atoms in total. The van der Waals surface area contributed by atoms with Crippen LogP contribution in [0.15, 0.2) is 23.5 Å². The summed E-state index contributed by atoms with van der Waals surface area (Å²) in [6, 6.07) is 0. The Morgan fingerprint density at radius 1 is 1.38 bits per heavy atom. The van der Waals surface area contributed by atoms with Crippen molar-refractivity contribution in [3.8, 4) is 0 Å². The molecule has 3 aliphatic rings. The van der Waals surface area contributed by atoms with Gasteiger partial charge in [0, 0.05) is 47.1 Å². The summed E-state index contributed by atoms with van der Waals surface area (Å²) in [6.07, 6.45) is 6.84. The van der Waals surface area contributed by atoms with Gasteiger partial charge in [-0.3, -0.25) is 9.69 Å². The Bertz CT molecular complexity index is 458. The molecule has 3 aliphatic heterocycles. The van der Waals surface area contributed by atoms with Crippen molar-refractivity contribution in [2.75, 3.05) is 39.4 Å². The Morgan fingerprint density at radius 2 is 2.19 bits per heavy atom. The molecule has 0 aromatic heterocycles. The van der Waals surface area contributed by atoms with Gasteiger partial charge in [0.25, 0.3) is 0 Å². The van der Waals surface area contributed by atoms with Crippen molar-refractivity contribution in [1.82, 2.24) is 14.1 Å². The molecule has 0 aromatic rings. The van der Waals surface area contributed by atoms with Crippen molar-refractivity contribution in [2.45, 2.75) is 19.3 Å². The van der Waals surface area contributed by atoms with Crippen molar-refractivity contribution in [1.29, 1.82) is 0 Å². The Hall–Kier alpha value is -0.850. The third-order valence-electron chi connectivity index (χ3n) is 4.38. The number of hydrogen-bond acceptors (Lipinski definition) is 4. The summed E-state index contributed by atoms with van der Waals surface area (Å²) in [5.41, 5.74) is 2.32. The zero-order valence-electron chi connectivity index (χ0n) is 12.2. The molecule has 0 saturated carbocycles. The van der Waals surface area contributed by atoms with Crippen LogP contribution in [0.4, 0.5) is 0 Å². The van der Waals surface area contributed by atoms with Gasteiger partial charge in [0.2, 0.25) is 5.91 Å². The summed E-state index contributed by atoms with van der Waals surface area (Å²) in [5, 5.41) is 3.05. The van der Waals surface area contributed by atoms with E-state index in [0.717, 1.165) is 64.4 Å². The number of morpholine rings is 1. The van der Waals surface area contributed by atoms with Gasteiger partial charge in [-0.15, -0.1) is 0 Å². The molecule has 0 spiro atoms. The van der Waals surface area contributed by atoms with Crippen LogP contribution >= 0.6 is 16.1 Å². The molecule has 0 bridgehead atoms. The second-order valence-electron chi connectivity index (χ2n) is 5.88. The maximum absolute atomic E-state index is 12.2. The predicted molar refractivity (Wildman–Crippen MR) is 84.5 cm³/mol. The minimum atomic E-state index is 0.122. The second-order valence-corrected chi connectivity index (χ2v) is 6.79. The molecule has 1 unspecified atom stereocenters. The topological polar surface area (TPSA) is 44.8 Å². The number of hydrogen-bond donors (Lipinski definition) is 1. The van der Waals surface area contributed by atoms with Crippen molar-refractivity contribution in [2.24, 2.45) is 5.92 Å². The molecule has 0 aromatic carbocycles. The highest BCUT2D eigenvalue weighted by Crippen LogP contribution is 2.28. The average Bonchev–Trinajstić information content (AvgIpc) is 2.49. The van der Waals surface area contributed by atoms with Crippen molar-refractivity contribution >= 4 is 22.1 Å². The molecule has 1 atom stereocenters. The molecule has 1 saturated heterocycles. The van der Waals surface area contributed by atoms with E-state index in [4.69, 9.17) is 4.74 Å². The van der Waals surface area contributed by atoms with E-state index in [2.05, 4.69) is 26.4 Å². The van der Waals surface area contributed by atoms with Crippen molar-refractivity contribution in [3.63, 3.8) is 0 Å². The van der Waals surface area contributed by atoms with Crippen LogP contribution in [0, 0.1) is 5.92 Å². The molecular weight excluding hydrogens is 334 g/mol. The number of nitrogens with zero attached hydrogens (tertiary/aromatic N) is 2. The summed E-state index contributed by atoms with van der Waals surface area (Å²) in [5.74, 6) is 0.306. The lowest BCUT2D eigenvalue weighted by Crippen LogP contribution is -2.39. The predicted octanol–water partition coefficient (Wildman–Crippen LogP) is 1.63. The fourth-order valence-electron chi connectivity index (χ4n) is 3.14. The van der Waals surface area contributed by atoms with Crippen LogP contribution in [0.1, 0.15) is 19.3 Å². The Balaban J connectivity index is 1.48. The zero-order valence-corrected chi connectivity index (χ0v) is 13.8. The normalized spacial score (nSPS) is 26.8. The lowest BCUT2D eigenvalue weighted by atomic mass is 9.88. The van der Waals surface area contributed by atoms with Gasteiger partial charge in [0.15, 0.2) is 0 Å². The molecule has 3 heterocycles. The molecule has 1 fully saturated rings. The first-order valence-corrected chi connectivity index (χ1v) is 8.37. The van der Waals surface area contributed by atoms with Crippen LogP contribution < -0.4 is 5.32 Å². The summed E-state index contributed by atoms with van der Waals surface area (Å²) in [7, 11) is 0. The highest BCUT2D eigenvalue weighted by Gasteiger charge is 2.28. The van der Waals surface area contributed by atoms with E-state index in [-0.39, 0.29) is 11.8 Å². The largest absolute Gasteiger partial charge is 0.379 e. The minimum Gasteiger partial charge on any atom is -0.379 e. The third-order valence-corrected chi connectivity index (χ3v) is 4.87. The number of halogens is 1. The van der Waals surface area contributed by atoms with Crippen LogP contribution in [0.25, 0.3) is 0 Å². The molecule has 1 amide bonds. The van der Waals surface area contributed by atoms with Crippen LogP contribution in [0.5, 0.6) is 0 Å². The van der Waals surface area contributed by atoms with Crippen molar-refractivity contribution in [3.05, 3.63) is 23.5 Å². The smallest absolute Gasteiger partial charge is 0.227 e. The number of allylic oxidation sites excluding steroid dienone is 1. The molecule has 0 radical (unpaired) electrons. The third kappa shape index (κ3) is 3.87. The fraction of sp³-hybridized carbons (Fsp3) is 0.667. The van der Waals surface area contributed by atoms with Crippen LogP contribution in [-0.2, 0) is 9.53 Å².